The van der Waals surface area contributed by atoms with E-state index in [4.69, 9.17) is 19.6 Å². The Hall–Kier alpha value is -3.74. The van der Waals surface area contributed by atoms with Gasteiger partial charge in [-0.1, -0.05) is 18.2 Å². The lowest BCUT2D eigenvalue weighted by Gasteiger charge is -2.38. The highest BCUT2D eigenvalue weighted by molar-refractivity contribution is 6.12. The summed E-state index contributed by atoms with van der Waals surface area (Å²) in [5.74, 6) is -0.435. The van der Waals surface area contributed by atoms with Crippen molar-refractivity contribution >= 4 is 23.2 Å². The number of Topliss-reactive ketones (excluding diaryl/α,β-unsaturated/α-hetero) is 2. The van der Waals surface area contributed by atoms with Crippen LogP contribution in [0.2, 0.25) is 0 Å². The second-order valence-electron chi connectivity index (χ2n) is 9.22. The van der Waals surface area contributed by atoms with Crippen molar-refractivity contribution in [3.05, 3.63) is 70.4 Å². The number of carbonyl (C=O) groups is 3. The third-order valence-electron chi connectivity index (χ3n) is 7.06. The molecule has 0 radical (unpaired) electrons. The summed E-state index contributed by atoms with van der Waals surface area (Å²) in [6.07, 6.45) is 4.15. The Balaban J connectivity index is 1.45. The van der Waals surface area contributed by atoms with Crippen LogP contribution in [0, 0.1) is 5.92 Å². The molecule has 0 saturated heterocycles. The van der Waals surface area contributed by atoms with Crippen molar-refractivity contribution in [2.45, 2.75) is 51.0 Å². The first kappa shape index (κ1) is 23.0. The molecule has 0 bridgehead atoms. The summed E-state index contributed by atoms with van der Waals surface area (Å²) < 4.78 is 11.6. The van der Waals surface area contributed by atoms with E-state index < -0.39 is 11.9 Å². The number of carbonyl (C=O) groups excluding carboxylic acids is 2. The Morgan fingerprint density at radius 2 is 1.74 bits per heavy atom. The van der Waals surface area contributed by atoms with Gasteiger partial charge in [0.2, 0.25) is 0 Å². The topological polar surface area (TPSA) is 102 Å². The third-order valence-corrected chi connectivity index (χ3v) is 7.06. The van der Waals surface area contributed by atoms with Gasteiger partial charge in [-0.2, -0.15) is 0 Å². The van der Waals surface area contributed by atoms with Crippen molar-refractivity contribution in [1.29, 1.82) is 0 Å². The summed E-state index contributed by atoms with van der Waals surface area (Å²) >= 11 is 0. The number of hydrogen-bond donors (Lipinski definition) is 1. The first-order valence-electron chi connectivity index (χ1n) is 12.0. The van der Waals surface area contributed by atoms with Crippen molar-refractivity contribution in [3.63, 3.8) is 0 Å². The van der Waals surface area contributed by atoms with Crippen molar-refractivity contribution in [2.24, 2.45) is 10.9 Å². The minimum atomic E-state index is -0.975. The van der Waals surface area contributed by atoms with Gasteiger partial charge < -0.3 is 14.6 Å². The molecule has 1 saturated carbocycles. The van der Waals surface area contributed by atoms with Crippen LogP contribution in [-0.2, 0) is 16.2 Å². The molecule has 2 aliphatic carbocycles. The number of rotatable bonds is 6. The molecule has 3 aliphatic rings. The molecule has 2 aromatic carbocycles. The largest absolute Gasteiger partial charge is 0.493 e. The quantitative estimate of drug-likeness (QED) is 0.641. The summed E-state index contributed by atoms with van der Waals surface area (Å²) in [4.78, 5) is 41.9. The summed E-state index contributed by atoms with van der Waals surface area (Å²) in [7, 11) is 1.56. The molecule has 1 N–H and O–H groups in total. The second kappa shape index (κ2) is 9.49. The third kappa shape index (κ3) is 4.38. The second-order valence-corrected chi connectivity index (χ2v) is 9.22. The fraction of sp³-hybridized carbons (Fsp3) is 0.357. The van der Waals surface area contributed by atoms with Gasteiger partial charge in [0, 0.05) is 35.7 Å². The average Bonchev–Trinajstić information content (AvgIpc) is 2.87. The average molecular weight is 474 g/mol. The van der Waals surface area contributed by atoms with Crippen LogP contribution >= 0.6 is 0 Å². The van der Waals surface area contributed by atoms with Crippen molar-refractivity contribution in [1.82, 2.24) is 0 Å². The van der Waals surface area contributed by atoms with Gasteiger partial charge >= 0.3 is 5.97 Å². The Morgan fingerprint density at radius 3 is 2.49 bits per heavy atom. The van der Waals surface area contributed by atoms with Crippen LogP contribution in [-0.4, -0.2) is 35.5 Å². The van der Waals surface area contributed by atoms with Crippen LogP contribution in [0.4, 0.5) is 0 Å². The zero-order valence-electron chi connectivity index (χ0n) is 19.6. The van der Waals surface area contributed by atoms with Crippen LogP contribution in [0.3, 0.4) is 0 Å². The number of aliphatic imine (C=N–C) groups is 1. The van der Waals surface area contributed by atoms with E-state index in [-0.39, 0.29) is 29.7 Å². The SMILES string of the molecule is COc1cc([C@H]2C3=C(CCCC3=O)N=C3CCCC(=O)C32)ccc1OCc1ccc(C(=O)O)cc1. The smallest absolute Gasteiger partial charge is 0.335 e. The maximum absolute atomic E-state index is 13.0. The molecule has 180 valence electrons. The number of ether oxygens (including phenoxy) is 2. The van der Waals surface area contributed by atoms with Crippen LogP contribution in [0.5, 0.6) is 11.5 Å². The minimum absolute atomic E-state index is 0.0847. The Morgan fingerprint density at radius 1 is 0.971 bits per heavy atom. The number of fused-ring (bicyclic) bond motifs is 1. The van der Waals surface area contributed by atoms with Crippen molar-refractivity contribution in [2.75, 3.05) is 7.11 Å². The molecule has 1 unspecified atom stereocenters. The van der Waals surface area contributed by atoms with E-state index in [0.717, 1.165) is 48.2 Å². The summed E-state index contributed by atoms with van der Waals surface area (Å²) in [5, 5.41) is 9.06. The Kier molecular flexibility index (Phi) is 6.24. The summed E-state index contributed by atoms with van der Waals surface area (Å²) in [5.41, 5.74) is 4.34. The lowest BCUT2D eigenvalue weighted by molar-refractivity contribution is -0.122. The van der Waals surface area contributed by atoms with Crippen LogP contribution in [0.15, 0.2) is 58.7 Å². The number of benzene rings is 2. The van der Waals surface area contributed by atoms with E-state index in [1.807, 2.05) is 18.2 Å². The zero-order valence-corrected chi connectivity index (χ0v) is 19.6. The van der Waals surface area contributed by atoms with E-state index >= 15 is 0 Å². The number of nitrogens with zero attached hydrogens (tertiary/aromatic N) is 1. The van der Waals surface area contributed by atoms with Crippen molar-refractivity contribution < 1.29 is 29.0 Å². The van der Waals surface area contributed by atoms with E-state index in [1.165, 1.54) is 12.1 Å². The summed E-state index contributed by atoms with van der Waals surface area (Å²) in [6.45, 7) is 0.241. The van der Waals surface area contributed by atoms with Gasteiger partial charge in [-0.3, -0.25) is 14.6 Å². The number of hydrogen-bond acceptors (Lipinski definition) is 6. The van der Waals surface area contributed by atoms with Gasteiger partial charge in [0.05, 0.1) is 18.6 Å². The van der Waals surface area contributed by atoms with E-state index in [0.29, 0.717) is 29.9 Å². The molecular formula is C28H27NO6. The molecule has 1 aliphatic heterocycles. The van der Waals surface area contributed by atoms with Gasteiger partial charge in [0.25, 0.3) is 0 Å². The lowest BCUT2D eigenvalue weighted by atomic mass is 9.67. The molecule has 1 fully saturated rings. The van der Waals surface area contributed by atoms with Crippen LogP contribution in [0.25, 0.3) is 0 Å². The normalized spacial score (nSPS) is 21.7. The van der Waals surface area contributed by atoms with Gasteiger partial charge in [0.1, 0.15) is 12.4 Å². The number of carboxylic acids is 1. The fourth-order valence-corrected chi connectivity index (χ4v) is 5.36. The molecule has 0 amide bonds. The zero-order chi connectivity index (χ0) is 24.5. The van der Waals surface area contributed by atoms with E-state index in [9.17, 15) is 14.4 Å². The first-order valence-corrected chi connectivity index (χ1v) is 12.0. The van der Waals surface area contributed by atoms with Gasteiger partial charge in [0.15, 0.2) is 17.3 Å². The van der Waals surface area contributed by atoms with Gasteiger partial charge in [-0.05, 0) is 61.1 Å². The van der Waals surface area contributed by atoms with Crippen molar-refractivity contribution in [3.8, 4) is 11.5 Å². The number of ketones is 2. The maximum Gasteiger partial charge on any atom is 0.335 e. The Bertz CT molecular complexity index is 1260. The number of aromatic carboxylic acids is 1. The predicted molar refractivity (Wildman–Crippen MR) is 129 cm³/mol. The number of carboxylic acid groups (broad SMARTS) is 1. The van der Waals surface area contributed by atoms with Crippen LogP contribution in [0.1, 0.15) is 65.9 Å². The molecule has 7 nitrogen and oxygen atoms in total. The highest BCUT2D eigenvalue weighted by Crippen LogP contribution is 2.47. The molecule has 0 spiro atoms. The number of allylic oxidation sites excluding steroid dienone is 2. The molecule has 35 heavy (non-hydrogen) atoms. The minimum Gasteiger partial charge on any atom is -0.493 e. The molecular weight excluding hydrogens is 446 g/mol. The summed E-state index contributed by atoms with van der Waals surface area (Å²) in [6, 6.07) is 12.1. The molecule has 1 heterocycles. The fourth-order valence-electron chi connectivity index (χ4n) is 5.36. The number of methoxy groups -OCH3 is 1. The molecule has 5 rings (SSSR count). The predicted octanol–water partition coefficient (Wildman–Crippen LogP) is 4.89. The monoisotopic (exact) mass is 473 g/mol. The van der Waals surface area contributed by atoms with Gasteiger partial charge in [-0.15, -0.1) is 0 Å². The molecule has 0 aromatic heterocycles. The first-order chi connectivity index (χ1) is 17.0. The maximum atomic E-state index is 13.0. The molecule has 7 heteroatoms. The van der Waals surface area contributed by atoms with Crippen LogP contribution < -0.4 is 9.47 Å². The lowest BCUT2D eigenvalue weighted by Crippen LogP contribution is -2.39. The highest BCUT2D eigenvalue weighted by Gasteiger charge is 2.44. The standard InChI is InChI=1S/C28H27NO6/c1-34-24-14-18(12-13-23(24)35-15-16-8-10-17(11-9-16)28(32)33)25-26-19(4-2-6-21(26)30)29-20-5-3-7-22(31)27(20)25/h8-14,25-26H,2-7,15H2,1H3,(H,32,33)/t25-,26?/m1/s1. The van der Waals surface area contributed by atoms with E-state index in [1.54, 1.807) is 19.2 Å². The van der Waals surface area contributed by atoms with E-state index in [2.05, 4.69) is 0 Å². The molecule has 2 aromatic rings. The highest BCUT2D eigenvalue weighted by atomic mass is 16.5. The molecule has 2 atom stereocenters. The van der Waals surface area contributed by atoms with Gasteiger partial charge in [-0.25, -0.2) is 4.79 Å². The Labute approximate surface area is 203 Å².